The molecule has 2 aromatic carbocycles. The predicted octanol–water partition coefficient (Wildman–Crippen LogP) is 5.70. The number of carbonyl (C=O) groups is 1. The molecule has 0 saturated heterocycles. The fraction of sp³-hybridized carbons (Fsp3) is 0.118. The molecule has 1 N–H and O–H groups in total. The van der Waals surface area contributed by atoms with Gasteiger partial charge in [0.1, 0.15) is 0 Å². The molecule has 3 aromatic rings. The number of rotatable bonds is 5. The van der Waals surface area contributed by atoms with Gasteiger partial charge in [-0.25, -0.2) is 0 Å². The molecule has 128 valence electrons. The molecule has 1 aromatic heterocycles. The zero-order chi connectivity index (χ0) is 17.8. The van der Waals surface area contributed by atoms with Gasteiger partial charge in [-0.05, 0) is 36.8 Å². The second kappa shape index (κ2) is 8.19. The van der Waals surface area contributed by atoms with Crippen LogP contribution in [0.5, 0.6) is 0 Å². The Kier molecular flexibility index (Phi) is 5.96. The number of benzene rings is 2. The third-order valence-corrected chi connectivity index (χ3v) is 5.91. The van der Waals surface area contributed by atoms with Gasteiger partial charge in [0.05, 0.1) is 0 Å². The molecule has 0 unspecified atom stereocenters. The Balaban J connectivity index is 1.60. The van der Waals surface area contributed by atoms with Gasteiger partial charge in [-0.3, -0.25) is 10.1 Å². The molecule has 1 amide bonds. The van der Waals surface area contributed by atoms with Crippen LogP contribution in [0.4, 0.5) is 5.13 Å². The first-order valence-electron chi connectivity index (χ1n) is 7.29. The van der Waals surface area contributed by atoms with Crippen molar-refractivity contribution in [1.29, 1.82) is 0 Å². The first kappa shape index (κ1) is 18.2. The number of aryl methyl sites for hydroxylation is 1. The summed E-state index contributed by atoms with van der Waals surface area (Å²) in [5, 5.41) is 12.6. The fourth-order valence-corrected chi connectivity index (χ4v) is 4.28. The van der Waals surface area contributed by atoms with Crippen molar-refractivity contribution < 1.29 is 4.79 Å². The summed E-state index contributed by atoms with van der Waals surface area (Å²) < 4.78 is 0.755. The molecule has 0 aliphatic carbocycles. The van der Waals surface area contributed by atoms with Crippen LogP contribution in [0, 0.1) is 6.92 Å². The number of aromatic nitrogens is 2. The number of nitrogens with zero attached hydrogens (tertiary/aromatic N) is 2. The Morgan fingerprint density at radius 3 is 2.64 bits per heavy atom. The standard InChI is InChI=1S/C17H13Cl2N3OS2/c1-10-2-4-11(5-3-10)15(23)20-16-21-22-17(25-16)24-9-12-6-7-13(18)8-14(12)19/h2-8H,9H2,1H3,(H,20,21,23). The summed E-state index contributed by atoms with van der Waals surface area (Å²) in [5.74, 6) is 0.449. The Morgan fingerprint density at radius 2 is 1.92 bits per heavy atom. The average Bonchev–Trinajstić information content (AvgIpc) is 3.02. The Labute approximate surface area is 163 Å². The minimum absolute atomic E-state index is 0.201. The van der Waals surface area contributed by atoms with Crippen molar-refractivity contribution in [2.24, 2.45) is 0 Å². The second-order valence-corrected chi connectivity index (χ2v) is 8.26. The van der Waals surface area contributed by atoms with Crippen molar-refractivity contribution in [1.82, 2.24) is 10.2 Å². The first-order valence-corrected chi connectivity index (χ1v) is 9.85. The van der Waals surface area contributed by atoms with Crippen LogP contribution in [0.15, 0.2) is 46.8 Å². The summed E-state index contributed by atoms with van der Waals surface area (Å²) in [4.78, 5) is 12.2. The number of halogens is 2. The van der Waals surface area contributed by atoms with Crippen LogP contribution < -0.4 is 5.32 Å². The summed E-state index contributed by atoms with van der Waals surface area (Å²) >= 11 is 14.9. The quantitative estimate of drug-likeness (QED) is 0.433. The minimum atomic E-state index is -0.201. The molecule has 8 heteroatoms. The average molecular weight is 410 g/mol. The van der Waals surface area contributed by atoms with E-state index in [2.05, 4.69) is 15.5 Å². The highest BCUT2D eigenvalue weighted by Gasteiger charge is 2.11. The molecule has 0 radical (unpaired) electrons. The second-order valence-electron chi connectivity index (χ2n) is 5.22. The predicted molar refractivity (Wildman–Crippen MR) is 105 cm³/mol. The molecule has 0 bridgehead atoms. The van der Waals surface area contributed by atoms with Gasteiger partial charge in [-0.1, -0.05) is 70.1 Å². The molecule has 0 atom stereocenters. The number of carbonyl (C=O) groups excluding carboxylic acids is 1. The monoisotopic (exact) mass is 409 g/mol. The van der Waals surface area contributed by atoms with Crippen molar-refractivity contribution in [2.45, 2.75) is 17.0 Å². The van der Waals surface area contributed by atoms with Crippen LogP contribution >= 0.6 is 46.3 Å². The normalized spacial score (nSPS) is 10.7. The lowest BCUT2D eigenvalue weighted by atomic mass is 10.1. The lowest BCUT2D eigenvalue weighted by Gasteiger charge is -2.02. The van der Waals surface area contributed by atoms with E-state index in [1.54, 1.807) is 24.3 Å². The maximum atomic E-state index is 12.2. The van der Waals surface area contributed by atoms with Crippen LogP contribution in [-0.2, 0) is 5.75 Å². The SMILES string of the molecule is Cc1ccc(C(=O)Nc2nnc(SCc3ccc(Cl)cc3Cl)s2)cc1. The lowest BCUT2D eigenvalue weighted by molar-refractivity contribution is 0.102. The smallest absolute Gasteiger partial charge is 0.257 e. The zero-order valence-corrected chi connectivity index (χ0v) is 16.3. The fourth-order valence-electron chi connectivity index (χ4n) is 1.97. The highest BCUT2D eigenvalue weighted by molar-refractivity contribution is 8.00. The molecule has 0 aliphatic heterocycles. The first-order chi connectivity index (χ1) is 12.0. The molecule has 1 heterocycles. The highest BCUT2D eigenvalue weighted by atomic mass is 35.5. The van der Waals surface area contributed by atoms with Gasteiger partial charge in [0.15, 0.2) is 4.34 Å². The van der Waals surface area contributed by atoms with Gasteiger partial charge in [0.25, 0.3) is 5.91 Å². The maximum absolute atomic E-state index is 12.2. The number of thioether (sulfide) groups is 1. The molecule has 25 heavy (non-hydrogen) atoms. The van der Waals surface area contributed by atoms with Crippen LogP contribution in [-0.4, -0.2) is 16.1 Å². The van der Waals surface area contributed by atoms with E-state index in [0.29, 0.717) is 26.5 Å². The van der Waals surface area contributed by atoms with Gasteiger partial charge < -0.3 is 0 Å². The number of hydrogen-bond donors (Lipinski definition) is 1. The van der Waals surface area contributed by atoms with E-state index < -0.39 is 0 Å². The van der Waals surface area contributed by atoms with Crippen molar-refractivity contribution in [3.63, 3.8) is 0 Å². The summed E-state index contributed by atoms with van der Waals surface area (Å²) in [6, 6.07) is 12.8. The highest BCUT2D eigenvalue weighted by Crippen LogP contribution is 2.31. The molecule has 0 aliphatic rings. The minimum Gasteiger partial charge on any atom is -0.296 e. The number of hydrogen-bond acceptors (Lipinski definition) is 5. The number of amides is 1. The van der Waals surface area contributed by atoms with E-state index in [1.165, 1.54) is 23.1 Å². The van der Waals surface area contributed by atoms with Crippen molar-refractivity contribution in [3.8, 4) is 0 Å². The third kappa shape index (κ3) is 4.95. The molecule has 4 nitrogen and oxygen atoms in total. The summed E-state index contributed by atoms with van der Waals surface area (Å²) in [6.07, 6.45) is 0. The Hall–Kier alpha value is -1.60. The summed E-state index contributed by atoms with van der Waals surface area (Å²) in [5.41, 5.74) is 2.66. The van der Waals surface area contributed by atoms with Gasteiger partial charge >= 0.3 is 0 Å². The van der Waals surface area contributed by atoms with Crippen LogP contribution in [0.1, 0.15) is 21.5 Å². The van der Waals surface area contributed by atoms with Crippen molar-refractivity contribution >= 4 is 57.3 Å². The molecule has 0 spiro atoms. The summed E-state index contributed by atoms with van der Waals surface area (Å²) in [6.45, 7) is 1.98. The largest absolute Gasteiger partial charge is 0.296 e. The van der Waals surface area contributed by atoms with E-state index in [4.69, 9.17) is 23.2 Å². The number of nitrogens with one attached hydrogen (secondary N) is 1. The topological polar surface area (TPSA) is 54.9 Å². The Bertz CT molecular complexity index is 897. The van der Waals surface area contributed by atoms with Gasteiger partial charge in [0.2, 0.25) is 5.13 Å². The van der Waals surface area contributed by atoms with E-state index in [1.807, 2.05) is 25.1 Å². The van der Waals surface area contributed by atoms with E-state index in [0.717, 1.165) is 15.5 Å². The molecular weight excluding hydrogens is 397 g/mol. The van der Waals surface area contributed by atoms with E-state index >= 15 is 0 Å². The Morgan fingerprint density at radius 1 is 1.16 bits per heavy atom. The van der Waals surface area contributed by atoms with E-state index in [-0.39, 0.29) is 5.91 Å². The lowest BCUT2D eigenvalue weighted by Crippen LogP contribution is -2.11. The molecule has 0 fully saturated rings. The molecule has 3 rings (SSSR count). The zero-order valence-electron chi connectivity index (χ0n) is 13.1. The third-order valence-electron chi connectivity index (χ3n) is 3.31. The van der Waals surface area contributed by atoms with Crippen molar-refractivity contribution in [2.75, 3.05) is 5.32 Å². The van der Waals surface area contributed by atoms with Crippen LogP contribution in [0.2, 0.25) is 10.0 Å². The van der Waals surface area contributed by atoms with Gasteiger partial charge in [-0.15, -0.1) is 10.2 Å². The van der Waals surface area contributed by atoms with Gasteiger partial charge in [-0.2, -0.15) is 0 Å². The van der Waals surface area contributed by atoms with Crippen LogP contribution in [0.3, 0.4) is 0 Å². The summed E-state index contributed by atoms with van der Waals surface area (Å²) in [7, 11) is 0. The van der Waals surface area contributed by atoms with Crippen molar-refractivity contribution in [3.05, 3.63) is 69.2 Å². The van der Waals surface area contributed by atoms with Crippen LogP contribution in [0.25, 0.3) is 0 Å². The van der Waals surface area contributed by atoms with Gasteiger partial charge in [0, 0.05) is 21.4 Å². The molecular formula is C17H13Cl2N3OS2. The molecule has 0 saturated carbocycles. The van der Waals surface area contributed by atoms with E-state index in [9.17, 15) is 4.79 Å². The maximum Gasteiger partial charge on any atom is 0.257 e. The number of anilines is 1.